The van der Waals surface area contributed by atoms with Crippen molar-refractivity contribution in [2.24, 2.45) is 9.98 Å². The van der Waals surface area contributed by atoms with Crippen molar-refractivity contribution in [2.75, 3.05) is 13.6 Å². The molecule has 2 heterocycles. The predicted molar refractivity (Wildman–Crippen MR) is 142 cm³/mol. The molecule has 2 aromatic rings. The van der Waals surface area contributed by atoms with E-state index >= 15 is 0 Å². The van der Waals surface area contributed by atoms with Crippen molar-refractivity contribution in [2.45, 2.75) is 65.1 Å². The molecule has 1 aliphatic carbocycles. The fourth-order valence-electron chi connectivity index (χ4n) is 3.78. The largest absolute Gasteiger partial charge is 0.302 e. The lowest BCUT2D eigenvalue weighted by atomic mass is 10.1. The molecule has 5 heteroatoms. The molecule has 1 aliphatic heterocycles. The molecule has 0 bridgehead atoms. The monoisotopic (exact) mass is 448 g/mol. The molecule has 2 aliphatic rings. The first-order valence-corrected chi connectivity index (χ1v) is 13.1. The Kier molecular flexibility index (Phi) is 9.77. The van der Waals surface area contributed by atoms with Crippen LogP contribution in [-0.2, 0) is 12.7 Å². The van der Waals surface area contributed by atoms with Gasteiger partial charge in [-0.3, -0.25) is 15.0 Å². The highest BCUT2D eigenvalue weighted by atomic mass is 31.1. The van der Waals surface area contributed by atoms with Crippen molar-refractivity contribution in [3.8, 4) is 0 Å². The quantitative estimate of drug-likeness (QED) is 0.317. The Labute approximate surface area is 195 Å². The first-order chi connectivity index (χ1) is 15.7. The molecule has 0 amide bonds. The van der Waals surface area contributed by atoms with Crippen LogP contribution >= 0.6 is 8.58 Å². The molecule has 1 atom stereocenters. The minimum atomic E-state index is 0.783. The topological polar surface area (TPSA) is 40.9 Å². The summed E-state index contributed by atoms with van der Waals surface area (Å²) < 4.78 is 0. The fraction of sp³-hybridized carbons (Fsp3) is 0.444. The summed E-state index contributed by atoms with van der Waals surface area (Å²) in [6.07, 6.45) is 11.8. The predicted octanol–water partition coefficient (Wildman–Crippen LogP) is 7.18. The number of aliphatic imine (C=N–C) groups is 2. The zero-order valence-corrected chi connectivity index (χ0v) is 21.0. The number of pyridine rings is 1. The maximum atomic E-state index is 4.48. The summed E-state index contributed by atoms with van der Waals surface area (Å²) in [6.45, 7) is 8.55. The molecule has 4 rings (SSSR count). The first kappa shape index (κ1) is 24.5. The maximum absolute atomic E-state index is 4.48. The van der Waals surface area contributed by atoms with Gasteiger partial charge in [0.25, 0.3) is 0 Å². The molecule has 4 nitrogen and oxygen atoms in total. The Balaban J connectivity index is 0.000000182. The van der Waals surface area contributed by atoms with Gasteiger partial charge in [0.2, 0.25) is 0 Å². The number of aromatic nitrogens is 1. The van der Waals surface area contributed by atoms with Gasteiger partial charge in [-0.2, -0.15) is 0 Å². The molecule has 1 saturated carbocycles. The summed E-state index contributed by atoms with van der Waals surface area (Å²) in [5.41, 5.74) is 7.06. The van der Waals surface area contributed by atoms with E-state index in [1.54, 1.807) is 0 Å². The molecule has 0 saturated heterocycles. The van der Waals surface area contributed by atoms with Crippen molar-refractivity contribution in [3.63, 3.8) is 0 Å². The van der Waals surface area contributed by atoms with E-state index in [-0.39, 0.29) is 0 Å². The van der Waals surface area contributed by atoms with Gasteiger partial charge in [0.05, 0.1) is 11.4 Å². The van der Waals surface area contributed by atoms with Crippen molar-refractivity contribution in [3.05, 3.63) is 65.0 Å². The van der Waals surface area contributed by atoms with Crippen LogP contribution in [0, 0.1) is 0 Å². The van der Waals surface area contributed by atoms with Gasteiger partial charge in [0.15, 0.2) is 0 Å². The summed E-state index contributed by atoms with van der Waals surface area (Å²) in [6, 6.07) is 11.3. The van der Waals surface area contributed by atoms with Gasteiger partial charge in [-0.25, -0.2) is 0 Å². The smallest absolute Gasteiger partial charge is 0.114 e. The normalized spacial score (nSPS) is 16.3. The summed E-state index contributed by atoms with van der Waals surface area (Å²) >= 11 is 0. The zero-order valence-electron chi connectivity index (χ0n) is 20.0. The highest BCUT2D eigenvalue weighted by molar-refractivity contribution is 7.54. The third-order valence-corrected chi connectivity index (χ3v) is 6.50. The number of nitrogens with zero attached hydrogens (tertiary/aromatic N) is 4. The van der Waals surface area contributed by atoms with Crippen molar-refractivity contribution >= 4 is 32.1 Å². The Morgan fingerprint density at radius 2 is 1.97 bits per heavy atom. The average Bonchev–Trinajstić information content (AvgIpc) is 3.66. The van der Waals surface area contributed by atoms with E-state index in [2.05, 4.69) is 71.1 Å². The second-order valence-electron chi connectivity index (χ2n) is 8.45. The third-order valence-electron chi connectivity index (χ3n) is 5.60. The Morgan fingerprint density at radius 1 is 1.19 bits per heavy atom. The second kappa shape index (κ2) is 12.8. The lowest BCUT2D eigenvalue weighted by Crippen LogP contribution is -2.18. The van der Waals surface area contributed by atoms with Crippen LogP contribution in [0.25, 0.3) is 5.70 Å². The Morgan fingerprint density at radius 3 is 2.62 bits per heavy atom. The highest BCUT2D eigenvalue weighted by Gasteiger charge is 2.22. The van der Waals surface area contributed by atoms with Gasteiger partial charge in [-0.1, -0.05) is 52.8 Å². The SMILES string of the molecule is C/C=C(\N=CCC)c1nccc2c1N=CPC2.CCCN(C)Cc1ccc(C2CC2)cc1. The summed E-state index contributed by atoms with van der Waals surface area (Å²) in [5, 5.41) is 0. The maximum Gasteiger partial charge on any atom is 0.114 e. The van der Waals surface area contributed by atoms with Gasteiger partial charge in [-0.05, 0) is 81.0 Å². The van der Waals surface area contributed by atoms with Gasteiger partial charge in [0.1, 0.15) is 5.69 Å². The average molecular weight is 449 g/mol. The summed E-state index contributed by atoms with van der Waals surface area (Å²) in [7, 11) is 2.98. The molecule has 0 N–H and O–H groups in total. The number of hydrogen-bond donors (Lipinski definition) is 0. The minimum absolute atomic E-state index is 0.783. The van der Waals surface area contributed by atoms with Gasteiger partial charge >= 0.3 is 0 Å². The molecule has 32 heavy (non-hydrogen) atoms. The van der Waals surface area contributed by atoms with E-state index in [1.807, 2.05) is 31.4 Å². The lowest BCUT2D eigenvalue weighted by molar-refractivity contribution is 0.327. The number of benzene rings is 1. The number of hydrogen-bond acceptors (Lipinski definition) is 4. The van der Waals surface area contributed by atoms with Crippen LogP contribution in [0.3, 0.4) is 0 Å². The van der Waals surface area contributed by atoms with Gasteiger partial charge in [-0.15, -0.1) is 0 Å². The van der Waals surface area contributed by atoms with Crippen LogP contribution in [0.5, 0.6) is 0 Å². The Bertz CT molecular complexity index is 943. The molecule has 1 aromatic heterocycles. The van der Waals surface area contributed by atoms with Crippen molar-refractivity contribution in [1.82, 2.24) is 9.88 Å². The van der Waals surface area contributed by atoms with E-state index in [0.29, 0.717) is 0 Å². The standard InChI is InChI=1S/C14H21N.C13H16N3P/c1-3-10-15(2)11-12-4-6-13(7-5-12)14-8-9-14;1-3-6-14-11(4-2)13-12-10(5-7-15-13)8-17-9-16-12/h4-7,14H,3,8-11H2,1-2H3;4-7,9,17H,3,8H2,1-2H3/b;11-4-,14-6?. The van der Waals surface area contributed by atoms with E-state index in [9.17, 15) is 0 Å². The van der Waals surface area contributed by atoms with E-state index in [0.717, 1.165) is 50.7 Å². The Hall–Kier alpha value is -2.16. The van der Waals surface area contributed by atoms with Gasteiger partial charge < -0.3 is 4.90 Å². The summed E-state index contributed by atoms with van der Waals surface area (Å²) in [4.78, 5) is 15.7. The second-order valence-corrected chi connectivity index (χ2v) is 9.47. The molecular formula is C27H37N4P. The zero-order chi connectivity index (χ0) is 22.8. The van der Waals surface area contributed by atoms with Crippen LogP contribution in [0.15, 0.2) is 52.6 Å². The number of allylic oxidation sites excluding steroid dienone is 1. The van der Waals surface area contributed by atoms with Crippen molar-refractivity contribution < 1.29 is 0 Å². The third kappa shape index (κ3) is 7.18. The van der Waals surface area contributed by atoms with Crippen LogP contribution in [0.2, 0.25) is 0 Å². The molecule has 0 radical (unpaired) electrons. The molecule has 1 unspecified atom stereocenters. The first-order valence-electron chi connectivity index (χ1n) is 11.9. The molecule has 1 fully saturated rings. The van der Waals surface area contributed by atoms with Crippen LogP contribution in [0.1, 0.15) is 74.8 Å². The van der Waals surface area contributed by atoms with Crippen LogP contribution < -0.4 is 0 Å². The summed E-state index contributed by atoms with van der Waals surface area (Å²) in [5.74, 6) is 2.87. The van der Waals surface area contributed by atoms with E-state index in [4.69, 9.17) is 0 Å². The fourth-order valence-corrected chi connectivity index (χ4v) is 4.60. The molecule has 0 spiro atoms. The molecule has 170 valence electrons. The number of rotatable bonds is 8. The molecule has 1 aromatic carbocycles. The molecular weight excluding hydrogens is 411 g/mol. The van der Waals surface area contributed by atoms with Crippen LogP contribution in [-0.4, -0.2) is 35.6 Å². The number of fused-ring (bicyclic) bond motifs is 1. The van der Waals surface area contributed by atoms with Crippen molar-refractivity contribution in [1.29, 1.82) is 0 Å². The lowest BCUT2D eigenvalue weighted by Gasteiger charge is -2.15. The van der Waals surface area contributed by atoms with E-state index in [1.165, 1.54) is 42.5 Å². The highest BCUT2D eigenvalue weighted by Crippen LogP contribution is 2.40. The van der Waals surface area contributed by atoms with Crippen LogP contribution in [0.4, 0.5) is 5.69 Å². The van der Waals surface area contributed by atoms with E-state index < -0.39 is 0 Å². The minimum Gasteiger partial charge on any atom is -0.302 e. The van der Waals surface area contributed by atoms with Gasteiger partial charge in [0, 0.05) is 24.9 Å².